The summed E-state index contributed by atoms with van der Waals surface area (Å²) < 4.78 is 16.7. The molecule has 170 valence electrons. The number of nitrogens with zero attached hydrogens (tertiary/aromatic N) is 1. The average molecular weight is 435 g/mol. The fraction of sp³-hybridized carbons (Fsp3) is 0.524. The molecule has 0 aromatic heterocycles. The summed E-state index contributed by atoms with van der Waals surface area (Å²) in [6.45, 7) is 9.42. The van der Waals surface area contributed by atoms with Crippen LogP contribution in [0.5, 0.6) is 11.5 Å². The van der Waals surface area contributed by atoms with E-state index < -0.39 is 23.0 Å². The summed E-state index contributed by atoms with van der Waals surface area (Å²) in [7, 11) is 0. The minimum Gasteiger partial charge on any atom is -0.493 e. The highest BCUT2D eigenvalue weighted by atomic mass is 16.6. The number of amides is 2. The average Bonchev–Trinajstić information content (AvgIpc) is 2.68. The molecule has 0 fully saturated rings. The summed E-state index contributed by atoms with van der Waals surface area (Å²) >= 11 is 0. The fourth-order valence-corrected chi connectivity index (χ4v) is 3.07. The van der Waals surface area contributed by atoms with Gasteiger partial charge in [0.2, 0.25) is 5.75 Å². The normalized spacial score (nSPS) is 15.9. The standard InChI is InChI=1S/C21H29N3O7/c1-6-8-29-16-11-17(30-9-7-2)15(24(27)28)10-14(16)19-18(20(25)31-12(3)4)13(5)22-21(26)23-19/h10-12,19H,6-9H2,1-5H3,(H2,22,23,26). The first-order valence-electron chi connectivity index (χ1n) is 10.3. The van der Waals surface area contributed by atoms with Gasteiger partial charge in [-0.25, -0.2) is 9.59 Å². The summed E-state index contributed by atoms with van der Waals surface area (Å²) in [4.78, 5) is 36.1. The zero-order chi connectivity index (χ0) is 23.1. The maximum atomic E-state index is 12.8. The van der Waals surface area contributed by atoms with Gasteiger partial charge in [-0.05, 0) is 33.6 Å². The molecule has 2 rings (SSSR count). The molecule has 10 nitrogen and oxygen atoms in total. The van der Waals surface area contributed by atoms with E-state index >= 15 is 0 Å². The largest absolute Gasteiger partial charge is 0.493 e. The van der Waals surface area contributed by atoms with E-state index in [1.807, 2.05) is 13.8 Å². The molecule has 2 amide bonds. The molecule has 2 N–H and O–H groups in total. The SMILES string of the molecule is CCCOc1cc(OCCC)c([N+](=O)[O-])cc1C1NC(=O)NC(C)=C1C(=O)OC(C)C. The summed E-state index contributed by atoms with van der Waals surface area (Å²) in [5.41, 5.74) is 0.434. The zero-order valence-electron chi connectivity index (χ0n) is 18.4. The molecule has 1 unspecified atom stereocenters. The molecule has 0 saturated heterocycles. The van der Waals surface area contributed by atoms with Gasteiger partial charge >= 0.3 is 17.7 Å². The second kappa shape index (κ2) is 10.6. The quantitative estimate of drug-likeness (QED) is 0.325. The van der Waals surface area contributed by atoms with Crippen LogP contribution in [0.25, 0.3) is 0 Å². The van der Waals surface area contributed by atoms with E-state index in [-0.39, 0.29) is 34.4 Å². The van der Waals surface area contributed by atoms with Gasteiger partial charge in [-0.2, -0.15) is 0 Å². The molecular weight excluding hydrogens is 406 g/mol. The Morgan fingerprint density at radius 1 is 1.16 bits per heavy atom. The first-order valence-corrected chi connectivity index (χ1v) is 10.3. The van der Waals surface area contributed by atoms with Gasteiger partial charge in [0.1, 0.15) is 5.75 Å². The summed E-state index contributed by atoms with van der Waals surface area (Å²) in [6, 6.07) is 1.18. The first-order chi connectivity index (χ1) is 14.7. The Bertz CT molecular complexity index is 880. The topological polar surface area (TPSA) is 129 Å². The Balaban J connectivity index is 2.66. The maximum Gasteiger partial charge on any atom is 0.338 e. The lowest BCUT2D eigenvalue weighted by Gasteiger charge is -2.29. The zero-order valence-corrected chi connectivity index (χ0v) is 18.4. The lowest BCUT2D eigenvalue weighted by atomic mass is 9.94. The summed E-state index contributed by atoms with van der Waals surface area (Å²) in [6.07, 6.45) is 0.972. The molecule has 1 aliphatic heterocycles. The molecule has 0 saturated carbocycles. The molecule has 0 bridgehead atoms. The smallest absolute Gasteiger partial charge is 0.338 e. The third-order valence-corrected chi connectivity index (χ3v) is 4.35. The lowest BCUT2D eigenvalue weighted by molar-refractivity contribution is -0.386. The Hall–Kier alpha value is -3.30. The van der Waals surface area contributed by atoms with Crippen molar-refractivity contribution in [2.45, 2.75) is 59.6 Å². The van der Waals surface area contributed by atoms with Gasteiger partial charge < -0.3 is 24.8 Å². The fourth-order valence-electron chi connectivity index (χ4n) is 3.07. The van der Waals surface area contributed by atoms with Gasteiger partial charge in [-0.1, -0.05) is 13.8 Å². The number of carbonyl (C=O) groups excluding carboxylic acids is 2. The predicted molar refractivity (Wildman–Crippen MR) is 113 cm³/mol. The minimum absolute atomic E-state index is 0.0639. The monoisotopic (exact) mass is 435 g/mol. The number of esters is 1. The number of nitrogens with one attached hydrogen (secondary N) is 2. The molecule has 1 heterocycles. The second-order valence-corrected chi connectivity index (χ2v) is 7.34. The van der Waals surface area contributed by atoms with Crippen molar-refractivity contribution in [3.63, 3.8) is 0 Å². The second-order valence-electron chi connectivity index (χ2n) is 7.34. The van der Waals surface area contributed by atoms with Crippen LogP contribution in [0.3, 0.4) is 0 Å². The molecule has 1 aliphatic rings. The molecule has 0 spiro atoms. The van der Waals surface area contributed by atoms with E-state index in [1.54, 1.807) is 20.8 Å². The Kier molecular flexibility index (Phi) is 8.23. The van der Waals surface area contributed by atoms with Crippen molar-refractivity contribution in [3.05, 3.63) is 39.1 Å². The van der Waals surface area contributed by atoms with E-state index in [1.165, 1.54) is 12.1 Å². The number of hydrogen-bond donors (Lipinski definition) is 2. The summed E-state index contributed by atoms with van der Waals surface area (Å²) in [5, 5.41) is 16.9. The van der Waals surface area contributed by atoms with Gasteiger partial charge in [0.25, 0.3) is 0 Å². The maximum absolute atomic E-state index is 12.8. The molecule has 31 heavy (non-hydrogen) atoms. The third-order valence-electron chi connectivity index (χ3n) is 4.35. The highest BCUT2D eigenvalue weighted by molar-refractivity contribution is 5.95. The number of hydrogen-bond acceptors (Lipinski definition) is 7. The van der Waals surface area contributed by atoms with Crippen LogP contribution in [0.1, 0.15) is 59.1 Å². The van der Waals surface area contributed by atoms with E-state index in [4.69, 9.17) is 14.2 Å². The molecule has 0 aliphatic carbocycles. The van der Waals surface area contributed by atoms with Crippen LogP contribution in [0.15, 0.2) is 23.4 Å². The van der Waals surface area contributed by atoms with Crippen LogP contribution in [0.4, 0.5) is 10.5 Å². The number of nitro benzene ring substituents is 1. The molecule has 1 aromatic rings. The van der Waals surface area contributed by atoms with Gasteiger partial charge in [0, 0.05) is 23.4 Å². The first kappa shape index (κ1) is 24.0. The van der Waals surface area contributed by atoms with Crippen molar-refractivity contribution >= 4 is 17.7 Å². The highest BCUT2D eigenvalue weighted by Crippen LogP contribution is 2.41. The van der Waals surface area contributed by atoms with Crippen molar-refractivity contribution in [2.75, 3.05) is 13.2 Å². The van der Waals surface area contributed by atoms with Crippen molar-refractivity contribution in [1.29, 1.82) is 0 Å². The van der Waals surface area contributed by atoms with Crippen LogP contribution in [-0.2, 0) is 9.53 Å². The Morgan fingerprint density at radius 2 is 1.77 bits per heavy atom. The van der Waals surface area contributed by atoms with Crippen molar-refractivity contribution in [3.8, 4) is 11.5 Å². The number of benzene rings is 1. The molecular formula is C21H29N3O7. The van der Waals surface area contributed by atoms with Crippen LogP contribution < -0.4 is 20.1 Å². The Labute approximate surface area is 181 Å². The highest BCUT2D eigenvalue weighted by Gasteiger charge is 2.36. The third kappa shape index (κ3) is 5.87. The van der Waals surface area contributed by atoms with Crippen molar-refractivity contribution in [1.82, 2.24) is 10.6 Å². The Morgan fingerprint density at radius 3 is 2.32 bits per heavy atom. The van der Waals surface area contributed by atoms with E-state index in [9.17, 15) is 19.7 Å². The van der Waals surface area contributed by atoms with E-state index in [0.29, 0.717) is 31.8 Å². The van der Waals surface area contributed by atoms with Gasteiger partial charge in [0.15, 0.2) is 0 Å². The summed E-state index contributed by atoms with van der Waals surface area (Å²) in [5.74, 6) is -0.289. The number of ether oxygens (including phenoxy) is 3. The molecule has 1 aromatic carbocycles. The van der Waals surface area contributed by atoms with Gasteiger partial charge in [0.05, 0.1) is 35.9 Å². The van der Waals surface area contributed by atoms with Gasteiger partial charge in [-0.3, -0.25) is 10.1 Å². The number of allylic oxidation sites excluding steroid dienone is 1. The molecule has 10 heteroatoms. The molecule has 1 atom stereocenters. The van der Waals surface area contributed by atoms with Crippen LogP contribution in [0.2, 0.25) is 0 Å². The van der Waals surface area contributed by atoms with E-state index in [0.717, 1.165) is 0 Å². The molecule has 0 radical (unpaired) electrons. The van der Waals surface area contributed by atoms with Gasteiger partial charge in [-0.15, -0.1) is 0 Å². The number of rotatable bonds is 10. The van der Waals surface area contributed by atoms with Crippen LogP contribution >= 0.6 is 0 Å². The predicted octanol–water partition coefficient (Wildman–Crippen LogP) is 3.75. The van der Waals surface area contributed by atoms with Crippen LogP contribution in [-0.4, -0.2) is 36.2 Å². The van der Waals surface area contributed by atoms with Crippen LogP contribution in [0, 0.1) is 10.1 Å². The lowest BCUT2D eigenvalue weighted by Crippen LogP contribution is -2.45. The van der Waals surface area contributed by atoms with Crippen molar-refractivity contribution in [2.24, 2.45) is 0 Å². The minimum atomic E-state index is -0.995. The van der Waals surface area contributed by atoms with Crippen molar-refractivity contribution < 1.29 is 28.7 Å². The van der Waals surface area contributed by atoms with E-state index in [2.05, 4.69) is 10.6 Å². The number of urea groups is 1. The number of carbonyl (C=O) groups is 2. The number of nitro groups is 1.